The number of carbonyl (C=O) groups is 2. The van der Waals surface area contributed by atoms with E-state index < -0.39 is 11.7 Å². The highest BCUT2D eigenvalue weighted by Crippen LogP contribution is 2.29. The van der Waals surface area contributed by atoms with Gasteiger partial charge in [0.05, 0.1) is 25.5 Å². The van der Waals surface area contributed by atoms with Gasteiger partial charge in [-0.2, -0.15) is 0 Å². The summed E-state index contributed by atoms with van der Waals surface area (Å²) in [7, 11) is 2.85. The van der Waals surface area contributed by atoms with Crippen LogP contribution in [-0.2, 0) is 4.79 Å². The predicted molar refractivity (Wildman–Crippen MR) is 88.2 cm³/mol. The van der Waals surface area contributed by atoms with Crippen LogP contribution in [0.5, 0.6) is 11.5 Å². The SMILES string of the molecule is COc1ccc(C(=O)Nc2cc(NC(C)=O)ccc2OC)c(F)c1. The van der Waals surface area contributed by atoms with Gasteiger partial charge in [0, 0.05) is 18.7 Å². The molecule has 0 heterocycles. The van der Waals surface area contributed by atoms with Gasteiger partial charge < -0.3 is 20.1 Å². The van der Waals surface area contributed by atoms with Crippen molar-refractivity contribution in [1.29, 1.82) is 0 Å². The lowest BCUT2D eigenvalue weighted by Gasteiger charge is -2.13. The molecule has 0 atom stereocenters. The number of amides is 2. The molecule has 24 heavy (non-hydrogen) atoms. The molecule has 2 amide bonds. The summed E-state index contributed by atoms with van der Waals surface area (Å²) in [6.07, 6.45) is 0. The van der Waals surface area contributed by atoms with Gasteiger partial charge in [0.25, 0.3) is 5.91 Å². The molecule has 0 bridgehead atoms. The Bertz CT molecular complexity index is 777. The van der Waals surface area contributed by atoms with Gasteiger partial charge in [0.15, 0.2) is 0 Å². The van der Waals surface area contributed by atoms with Crippen LogP contribution in [0.1, 0.15) is 17.3 Å². The molecule has 0 saturated heterocycles. The lowest BCUT2D eigenvalue weighted by Crippen LogP contribution is -2.15. The zero-order chi connectivity index (χ0) is 17.7. The van der Waals surface area contributed by atoms with Crippen molar-refractivity contribution in [3.63, 3.8) is 0 Å². The maximum atomic E-state index is 14.0. The number of carbonyl (C=O) groups excluding carboxylic acids is 2. The summed E-state index contributed by atoms with van der Waals surface area (Å²) in [5, 5.41) is 5.17. The van der Waals surface area contributed by atoms with Crippen molar-refractivity contribution in [3.05, 3.63) is 47.8 Å². The summed E-state index contributed by atoms with van der Waals surface area (Å²) in [6.45, 7) is 1.37. The molecule has 0 radical (unpaired) electrons. The highest BCUT2D eigenvalue weighted by Gasteiger charge is 2.15. The Labute approximate surface area is 138 Å². The van der Waals surface area contributed by atoms with Crippen LogP contribution in [-0.4, -0.2) is 26.0 Å². The van der Waals surface area contributed by atoms with E-state index in [2.05, 4.69) is 10.6 Å². The summed E-state index contributed by atoms with van der Waals surface area (Å²) in [5.74, 6) is -0.906. The van der Waals surface area contributed by atoms with Crippen molar-refractivity contribution < 1.29 is 23.5 Å². The summed E-state index contributed by atoms with van der Waals surface area (Å²) < 4.78 is 24.1. The zero-order valence-electron chi connectivity index (χ0n) is 13.5. The maximum absolute atomic E-state index is 14.0. The fourth-order valence-electron chi connectivity index (χ4n) is 2.08. The van der Waals surface area contributed by atoms with E-state index in [0.29, 0.717) is 22.9 Å². The van der Waals surface area contributed by atoms with E-state index in [1.54, 1.807) is 12.1 Å². The van der Waals surface area contributed by atoms with Crippen molar-refractivity contribution in [2.45, 2.75) is 6.92 Å². The van der Waals surface area contributed by atoms with Gasteiger partial charge in [-0.15, -0.1) is 0 Å². The van der Waals surface area contributed by atoms with E-state index in [4.69, 9.17) is 9.47 Å². The second-order valence-electron chi connectivity index (χ2n) is 4.90. The second-order valence-corrected chi connectivity index (χ2v) is 4.90. The van der Waals surface area contributed by atoms with E-state index in [9.17, 15) is 14.0 Å². The van der Waals surface area contributed by atoms with Crippen molar-refractivity contribution >= 4 is 23.2 Å². The van der Waals surface area contributed by atoms with Gasteiger partial charge in [-0.25, -0.2) is 4.39 Å². The predicted octanol–water partition coefficient (Wildman–Crippen LogP) is 3.05. The minimum absolute atomic E-state index is 0.136. The third kappa shape index (κ3) is 4.01. The Morgan fingerprint density at radius 1 is 1.00 bits per heavy atom. The van der Waals surface area contributed by atoms with E-state index in [-0.39, 0.29) is 11.5 Å². The first-order valence-corrected chi connectivity index (χ1v) is 7.05. The first kappa shape index (κ1) is 17.3. The average molecular weight is 332 g/mol. The van der Waals surface area contributed by atoms with Crippen LogP contribution in [0.3, 0.4) is 0 Å². The number of hydrogen-bond donors (Lipinski definition) is 2. The van der Waals surface area contributed by atoms with Crippen LogP contribution in [0, 0.1) is 5.82 Å². The molecule has 0 spiro atoms. The van der Waals surface area contributed by atoms with Crippen molar-refractivity contribution in [2.24, 2.45) is 0 Å². The smallest absolute Gasteiger partial charge is 0.258 e. The fraction of sp³-hybridized carbons (Fsp3) is 0.176. The standard InChI is InChI=1S/C17H17FN2O4/c1-10(21)19-11-4-7-16(24-3)15(8-11)20-17(22)13-6-5-12(23-2)9-14(13)18/h4-9H,1-3H3,(H,19,21)(H,20,22). The Kier molecular flexibility index (Phi) is 5.36. The van der Waals surface area contributed by atoms with Crippen molar-refractivity contribution in [3.8, 4) is 11.5 Å². The van der Waals surface area contributed by atoms with Gasteiger partial charge in [-0.1, -0.05) is 0 Å². The largest absolute Gasteiger partial charge is 0.497 e. The molecule has 0 fully saturated rings. The third-order valence-electron chi connectivity index (χ3n) is 3.19. The summed E-state index contributed by atoms with van der Waals surface area (Å²) in [4.78, 5) is 23.4. The summed E-state index contributed by atoms with van der Waals surface area (Å²) in [6, 6.07) is 8.69. The number of benzene rings is 2. The fourth-order valence-corrected chi connectivity index (χ4v) is 2.08. The summed E-state index contributed by atoms with van der Waals surface area (Å²) >= 11 is 0. The van der Waals surface area contributed by atoms with Gasteiger partial charge in [-0.05, 0) is 30.3 Å². The molecular formula is C17H17FN2O4. The number of anilines is 2. The lowest BCUT2D eigenvalue weighted by atomic mass is 10.1. The number of ether oxygens (including phenoxy) is 2. The van der Waals surface area contributed by atoms with Gasteiger partial charge in [-0.3, -0.25) is 9.59 Å². The Balaban J connectivity index is 2.28. The minimum Gasteiger partial charge on any atom is -0.497 e. The Morgan fingerprint density at radius 3 is 2.33 bits per heavy atom. The molecule has 0 aliphatic rings. The van der Waals surface area contributed by atoms with E-state index in [1.807, 2.05) is 0 Å². The first-order valence-electron chi connectivity index (χ1n) is 7.05. The molecule has 0 aliphatic heterocycles. The molecule has 2 rings (SSSR count). The molecular weight excluding hydrogens is 315 g/mol. The van der Waals surface area contributed by atoms with Crippen LogP contribution >= 0.6 is 0 Å². The van der Waals surface area contributed by atoms with Gasteiger partial charge in [0.1, 0.15) is 17.3 Å². The topological polar surface area (TPSA) is 76.7 Å². The van der Waals surface area contributed by atoms with Crippen LogP contribution in [0.2, 0.25) is 0 Å². The minimum atomic E-state index is -0.705. The molecule has 0 aliphatic carbocycles. The van der Waals surface area contributed by atoms with Crippen molar-refractivity contribution in [2.75, 3.05) is 24.9 Å². The highest BCUT2D eigenvalue weighted by atomic mass is 19.1. The molecule has 126 valence electrons. The number of rotatable bonds is 5. The average Bonchev–Trinajstić information content (AvgIpc) is 2.54. The van der Waals surface area contributed by atoms with Crippen LogP contribution in [0.15, 0.2) is 36.4 Å². The van der Waals surface area contributed by atoms with Crippen LogP contribution < -0.4 is 20.1 Å². The molecule has 2 N–H and O–H groups in total. The quantitative estimate of drug-likeness (QED) is 0.882. The van der Waals surface area contributed by atoms with E-state index >= 15 is 0 Å². The molecule has 0 saturated carbocycles. The molecule has 6 nitrogen and oxygen atoms in total. The van der Waals surface area contributed by atoms with E-state index in [1.165, 1.54) is 39.3 Å². The molecule has 7 heteroatoms. The number of methoxy groups -OCH3 is 2. The molecule has 0 unspecified atom stereocenters. The van der Waals surface area contributed by atoms with Crippen LogP contribution in [0.4, 0.5) is 15.8 Å². The Morgan fingerprint density at radius 2 is 1.75 bits per heavy atom. The normalized spacial score (nSPS) is 10.0. The second kappa shape index (κ2) is 7.45. The molecule has 0 aromatic heterocycles. The van der Waals surface area contributed by atoms with Gasteiger partial charge >= 0.3 is 0 Å². The summed E-state index contributed by atoms with van der Waals surface area (Å²) in [5.41, 5.74) is 0.653. The molecule has 2 aromatic carbocycles. The van der Waals surface area contributed by atoms with E-state index in [0.717, 1.165) is 6.07 Å². The maximum Gasteiger partial charge on any atom is 0.258 e. The monoisotopic (exact) mass is 332 g/mol. The van der Waals surface area contributed by atoms with Crippen molar-refractivity contribution in [1.82, 2.24) is 0 Å². The number of halogens is 1. The Hall–Kier alpha value is -3.09. The highest BCUT2D eigenvalue weighted by molar-refractivity contribution is 6.05. The first-order chi connectivity index (χ1) is 11.4. The van der Waals surface area contributed by atoms with Crippen LogP contribution in [0.25, 0.3) is 0 Å². The zero-order valence-corrected chi connectivity index (χ0v) is 13.5. The molecule has 2 aromatic rings. The number of nitrogens with one attached hydrogen (secondary N) is 2. The lowest BCUT2D eigenvalue weighted by molar-refractivity contribution is -0.114. The third-order valence-corrected chi connectivity index (χ3v) is 3.19. The number of hydrogen-bond acceptors (Lipinski definition) is 4. The van der Waals surface area contributed by atoms with Gasteiger partial charge in [0.2, 0.25) is 5.91 Å².